The lowest BCUT2D eigenvalue weighted by molar-refractivity contribution is 0.0481. The van der Waals surface area contributed by atoms with Crippen LogP contribution in [0.3, 0.4) is 0 Å². The van der Waals surface area contributed by atoms with Crippen molar-refractivity contribution in [3.05, 3.63) is 17.8 Å². The lowest BCUT2D eigenvalue weighted by atomic mass is 9.98. The Morgan fingerprint density at radius 2 is 2.29 bits per heavy atom. The molecule has 0 saturated carbocycles. The van der Waals surface area contributed by atoms with Crippen molar-refractivity contribution in [2.45, 2.75) is 38.7 Å². The molecular formula is C15H23N3O3. The lowest BCUT2D eigenvalue weighted by Crippen LogP contribution is -2.30. The summed E-state index contributed by atoms with van der Waals surface area (Å²) in [7, 11) is 0. The average molecular weight is 293 g/mol. The van der Waals surface area contributed by atoms with E-state index in [2.05, 4.69) is 4.98 Å². The van der Waals surface area contributed by atoms with Gasteiger partial charge in [-0.2, -0.15) is 0 Å². The highest BCUT2D eigenvalue weighted by atomic mass is 16.5. The molecule has 1 unspecified atom stereocenters. The Hall–Kier alpha value is -1.82. The van der Waals surface area contributed by atoms with E-state index in [0.29, 0.717) is 36.6 Å². The summed E-state index contributed by atoms with van der Waals surface area (Å²) >= 11 is 0. The number of carbonyl (C=O) groups is 1. The molecule has 21 heavy (non-hydrogen) atoms. The first-order valence-electron chi connectivity index (χ1n) is 7.33. The van der Waals surface area contributed by atoms with Crippen molar-refractivity contribution in [3.63, 3.8) is 0 Å². The fraction of sp³-hybridized carbons (Fsp3) is 0.600. The van der Waals surface area contributed by atoms with Gasteiger partial charge >= 0.3 is 5.97 Å². The summed E-state index contributed by atoms with van der Waals surface area (Å²) in [5.74, 6) is 0.170. The summed E-state index contributed by atoms with van der Waals surface area (Å²) < 4.78 is 5.08. The number of aromatic nitrogens is 1. The van der Waals surface area contributed by atoms with E-state index in [1.165, 1.54) is 0 Å². The molecule has 6 nitrogen and oxygen atoms in total. The van der Waals surface area contributed by atoms with Gasteiger partial charge in [0.05, 0.1) is 24.1 Å². The lowest BCUT2D eigenvalue weighted by Gasteiger charge is -2.25. The van der Waals surface area contributed by atoms with Gasteiger partial charge < -0.3 is 20.5 Å². The van der Waals surface area contributed by atoms with Crippen LogP contribution in [0.2, 0.25) is 0 Å². The number of nitrogens with two attached hydrogens (primary N) is 1. The molecule has 0 radical (unpaired) electrons. The maximum atomic E-state index is 12.1. The van der Waals surface area contributed by atoms with Gasteiger partial charge in [0.2, 0.25) is 0 Å². The number of carbonyl (C=O) groups excluding carboxylic acids is 1. The quantitative estimate of drug-likeness (QED) is 0.823. The summed E-state index contributed by atoms with van der Waals surface area (Å²) in [5, 5.41) is 10.2. The van der Waals surface area contributed by atoms with Crippen LogP contribution in [-0.4, -0.2) is 41.4 Å². The molecule has 0 amide bonds. The van der Waals surface area contributed by atoms with Crippen molar-refractivity contribution in [1.82, 2.24) is 4.98 Å². The van der Waals surface area contributed by atoms with E-state index < -0.39 is 11.6 Å². The largest absolute Gasteiger partial charge is 0.462 e. The van der Waals surface area contributed by atoms with Crippen LogP contribution in [0.5, 0.6) is 0 Å². The van der Waals surface area contributed by atoms with Crippen LogP contribution >= 0.6 is 0 Å². The molecule has 2 rings (SSSR count). The highest BCUT2D eigenvalue weighted by Gasteiger charge is 2.27. The second-order valence-corrected chi connectivity index (χ2v) is 5.70. The van der Waals surface area contributed by atoms with Crippen LogP contribution in [0.25, 0.3) is 0 Å². The maximum absolute atomic E-state index is 12.1. The highest BCUT2D eigenvalue weighted by Crippen LogP contribution is 2.27. The molecule has 6 heteroatoms. The Morgan fingerprint density at radius 1 is 1.52 bits per heavy atom. The Balaban J connectivity index is 2.28. The van der Waals surface area contributed by atoms with Gasteiger partial charge in [-0.25, -0.2) is 9.78 Å². The van der Waals surface area contributed by atoms with Crippen molar-refractivity contribution >= 4 is 17.5 Å². The molecule has 2 heterocycles. The molecule has 0 aromatic carbocycles. The number of nitrogen functional groups attached to an aromatic ring is 1. The second-order valence-electron chi connectivity index (χ2n) is 5.70. The number of ether oxygens (including phenoxy) is 1. The number of aliphatic hydroxyl groups is 1. The summed E-state index contributed by atoms with van der Waals surface area (Å²) in [6, 6.07) is 1.60. The van der Waals surface area contributed by atoms with Gasteiger partial charge in [-0.1, -0.05) is 0 Å². The Morgan fingerprint density at radius 3 is 3.00 bits per heavy atom. The average Bonchev–Trinajstić information content (AvgIpc) is 2.60. The zero-order valence-electron chi connectivity index (χ0n) is 12.6. The Kier molecular flexibility index (Phi) is 4.67. The Bertz CT molecular complexity index is 517. The zero-order valence-corrected chi connectivity index (χ0v) is 12.6. The van der Waals surface area contributed by atoms with E-state index in [4.69, 9.17) is 10.5 Å². The normalized spacial score (nSPS) is 22.7. The first-order valence-corrected chi connectivity index (χ1v) is 7.33. The third kappa shape index (κ3) is 3.85. The van der Waals surface area contributed by atoms with E-state index in [1.54, 1.807) is 19.2 Å². The number of pyridine rings is 1. The summed E-state index contributed by atoms with van der Waals surface area (Å²) in [6.07, 6.45) is 3.77. The predicted octanol–water partition coefficient (Wildman–Crippen LogP) is 1.58. The topological polar surface area (TPSA) is 88.7 Å². The molecule has 0 aliphatic carbocycles. The molecule has 0 spiro atoms. The smallest absolute Gasteiger partial charge is 0.341 e. The van der Waals surface area contributed by atoms with Crippen molar-refractivity contribution in [2.24, 2.45) is 0 Å². The molecule has 116 valence electrons. The van der Waals surface area contributed by atoms with E-state index >= 15 is 0 Å². The Labute approximate surface area is 124 Å². The summed E-state index contributed by atoms with van der Waals surface area (Å²) in [6.45, 7) is 5.32. The van der Waals surface area contributed by atoms with Crippen LogP contribution in [0, 0.1) is 0 Å². The third-order valence-electron chi connectivity index (χ3n) is 3.75. The number of rotatable bonds is 3. The highest BCUT2D eigenvalue weighted by molar-refractivity contribution is 5.95. The van der Waals surface area contributed by atoms with Crippen LogP contribution in [0.15, 0.2) is 12.3 Å². The summed E-state index contributed by atoms with van der Waals surface area (Å²) in [5.41, 5.74) is 5.90. The fourth-order valence-corrected chi connectivity index (χ4v) is 2.56. The predicted molar refractivity (Wildman–Crippen MR) is 81.3 cm³/mol. The first-order chi connectivity index (χ1) is 9.93. The van der Waals surface area contributed by atoms with Crippen molar-refractivity contribution in [1.29, 1.82) is 0 Å². The van der Waals surface area contributed by atoms with E-state index in [9.17, 15) is 9.90 Å². The van der Waals surface area contributed by atoms with Gasteiger partial charge in [0.15, 0.2) is 0 Å². The number of esters is 1. The van der Waals surface area contributed by atoms with Gasteiger partial charge in [0, 0.05) is 13.1 Å². The van der Waals surface area contributed by atoms with E-state index in [1.807, 2.05) is 11.8 Å². The molecule has 1 atom stereocenters. The molecule has 3 N–H and O–H groups in total. The third-order valence-corrected chi connectivity index (χ3v) is 3.75. The first kappa shape index (κ1) is 15.6. The van der Waals surface area contributed by atoms with E-state index in [0.717, 1.165) is 19.4 Å². The minimum Gasteiger partial charge on any atom is -0.462 e. The SMILES string of the molecule is CCOC(=O)c1cc(N)cnc1N1CCCC(C)(O)CC1. The minimum absolute atomic E-state index is 0.307. The number of hydrogen-bond acceptors (Lipinski definition) is 6. The summed E-state index contributed by atoms with van der Waals surface area (Å²) in [4.78, 5) is 18.4. The van der Waals surface area contributed by atoms with Gasteiger partial charge in [-0.15, -0.1) is 0 Å². The van der Waals surface area contributed by atoms with Gasteiger partial charge in [-0.05, 0) is 39.2 Å². The fourth-order valence-electron chi connectivity index (χ4n) is 2.56. The molecule has 0 bridgehead atoms. The van der Waals surface area contributed by atoms with Crippen molar-refractivity contribution < 1.29 is 14.6 Å². The monoisotopic (exact) mass is 293 g/mol. The van der Waals surface area contributed by atoms with Gasteiger partial charge in [-0.3, -0.25) is 0 Å². The van der Waals surface area contributed by atoms with Crippen molar-refractivity contribution in [2.75, 3.05) is 30.3 Å². The maximum Gasteiger partial charge on any atom is 0.341 e. The minimum atomic E-state index is -0.660. The molecular weight excluding hydrogens is 270 g/mol. The van der Waals surface area contributed by atoms with Crippen LogP contribution < -0.4 is 10.6 Å². The molecule has 1 saturated heterocycles. The van der Waals surface area contributed by atoms with Gasteiger partial charge in [0.1, 0.15) is 11.4 Å². The molecule has 1 aromatic heterocycles. The van der Waals surface area contributed by atoms with Crippen molar-refractivity contribution in [3.8, 4) is 0 Å². The number of nitrogens with zero attached hydrogens (tertiary/aromatic N) is 2. The number of hydrogen-bond donors (Lipinski definition) is 2. The zero-order chi connectivity index (χ0) is 15.5. The second kappa shape index (κ2) is 6.30. The van der Waals surface area contributed by atoms with Gasteiger partial charge in [0.25, 0.3) is 0 Å². The molecule has 1 aliphatic heterocycles. The molecule has 1 fully saturated rings. The van der Waals surface area contributed by atoms with Crippen LogP contribution in [0.1, 0.15) is 43.5 Å². The molecule has 1 aromatic rings. The standard InChI is InChI=1S/C15H23N3O3/c1-3-21-14(19)12-9-11(16)10-17-13(12)18-7-4-5-15(2,20)6-8-18/h9-10,20H,3-8,16H2,1-2H3. The van der Waals surface area contributed by atoms with E-state index in [-0.39, 0.29) is 0 Å². The van der Waals surface area contributed by atoms with Crippen LogP contribution in [-0.2, 0) is 4.74 Å². The van der Waals surface area contributed by atoms with Crippen LogP contribution in [0.4, 0.5) is 11.5 Å². The molecule has 1 aliphatic rings. The number of anilines is 2.